The Morgan fingerprint density at radius 1 is 1.56 bits per heavy atom. The number of ether oxygens (including phenoxy) is 1. The van der Waals surface area contributed by atoms with Crippen molar-refractivity contribution in [1.29, 1.82) is 0 Å². The van der Waals surface area contributed by atoms with Gasteiger partial charge in [0, 0.05) is 4.47 Å². The number of alkyl halides is 1. The zero-order chi connectivity index (χ0) is 12.1. The normalized spacial score (nSPS) is 12.2. The fourth-order valence-electron chi connectivity index (χ4n) is 1.07. The van der Waals surface area contributed by atoms with Crippen LogP contribution in [0.25, 0.3) is 0 Å². The van der Waals surface area contributed by atoms with Crippen molar-refractivity contribution in [2.45, 2.75) is 18.2 Å². The van der Waals surface area contributed by atoms with E-state index in [0.717, 1.165) is 4.47 Å². The van der Waals surface area contributed by atoms with Gasteiger partial charge in [-0.05, 0) is 34.3 Å². The topological polar surface area (TPSA) is 43.4 Å². The molecule has 0 bridgehead atoms. The van der Waals surface area contributed by atoms with Crippen LogP contribution < -0.4 is 0 Å². The first-order valence-electron chi connectivity index (χ1n) is 4.63. The molecular formula is C10H10Br2O3S. The Bertz CT molecular complexity index is 389. The van der Waals surface area contributed by atoms with E-state index in [1.54, 1.807) is 6.92 Å². The lowest BCUT2D eigenvalue weighted by molar-refractivity contribution is -0.142. The summed E-state index contributed by atoms with van der Waals surface area (Å²) in [6.45, 7) is 2.06. The molecule has 6 heteroatoms. The molecule has 16 heavy (non-hydrogen) atoms. The van der Waals surface area contributed by atoms with Gasteiger partial charge in [0.25, 0.3) is 0 Å². The van der Waals surface area contributed by atoms with Crippen LogP contribution in [0.1, 0.15) is 23.0 Å². The molecule has 0 aliphatic heterocycles. The van der Waals surface area contributed by atoms with Crippen LogP contribution in [0.3, 0.4) is 0 Å². The molecule has 0 radical (unpaired) electrons. The van der Waals surface area contributed by atoms with Gasteiger partial charge in [-0.1, -0.05) is 15.9 Å². The molecule has 1 rings (SSSR count). The standard InChI is InChI=1S/C10H10Br2O3S/c1-2-15-8(13)5-7(12)9(14)10-6(11)3-4-16-10/h3-4,7H,2,5H2,1H3. The number of thiophene rings is 1. The SMILES string of the molecule is CCOC(=O)CC(Br)C(=O)c1sccc1Br. The van der Waals surface area contributed by atoms with Crippen LogP contribution in [0.2, 0.25) is 0 Å². The minimum absolute atomic E-state index is 0.0526. The van der Waals surface area contributed by atoms with Gasteiger partial charge in [0.05, 0.1) is 22.7 Å². The predicted octanol–water partition coefficient (Wildman–Crippen LogP) is 3.41. The number of halogens is 2. The summed E-state index contributed by atoms with van der Waals surface area (Å²) < 4.78 is 5.54. The summed E-state index contributed by atoms with van der Waals surface area (Å²) in [5.74, 6) is -0.472. The van der Waals surface area contributed by atoms with Crippen molar-refractivity contribution in [2.75, 3.05) is 6.61 Å². The van der Waals surface area contributed by atoms with Crippen molar-refractivity contribution >= 4 is 54.9 Å². The van der Waals surface area contributed by atoms with Gasteiger partial charge < -0.3 is 4.74 Å². The maximum absolute atomic E-state index is 11.9. The van der Waals surface area contributed by atoms with Gasteiger partial charge in [-0.3, -0.25) is 9.59 Å². The predicted molar refractivity (Wildman–Crippen MR) is 70.3 cm³/mol. The highest BCUT2D eigenvalue weighted by atomic mass is 79.9. The summed E-state index contributed by atoms with van der Waals surface area (Å²) in [7, 11) is 0. The van der Waals surface area contributed by atoms with Crippen LogP contribution >= 0.6 is 43.2 Å². The summed E-state index contributed by atoms with van der Waals surface area (Å²) >= 11 is 7.84. The van der Waals surface area contributed by atoms with E-state index >= 15 is 0 Å². The van der Waals surface area contributed by atoms with Gasteiger partial charge in [-0.25, -0.2) is 0 Å². The third-order valence-corrected chi connectivity index (χ3v) is 4.37. The Morgan fingerprint density at radius 2 is 2.25 bits per heavy atom. The van der Waals surface area contributed by atoms with Crippen LogP contribution in [-0.4, -0.2) is 23.2 Å². The molecule has 0 amide bonds. The summed E-state index contributed by atoms with van der Waals surface area (Å²) in [5.41, 5.74) is 0. The molecule has 0 spiro atoms. The Balaban J connectivity index is 2.61. The van der Waals surface area contributed by atoms with Crippen LogP contribution in [0.4, 0.5) is 0 Å². The number of hydrogen-bond acceptors (Lipinski definition) is 4. The minimum atomic E-state index is -0.526. The lowest BCUT2D eigenvalue weighted by Gasteiger charge is -2.07. The van der Waals surface area contributed by atoms with Gasteiger partial charge in [0.1, 0.15) is 0 Å². The molecule has 1 heterocycles. The van der Waals surface area contributed by atoms with Crippen molar-refractivity contribution in [3.05, 3.63) is 20.8 Å². The highest BCUT2D eigenvalue weighted by Gasteiger charge is 2.23. The van der Waals surface area contributed by atoms with E-state index in [1.807, 2.05) is 11.4 Å². The molecule has 0 saturated heterocycles. The Labute approximate surface area is 114 Å². The first kappa shape index (κ1) is 13.9. The highest BCUT2D eigenvalue weighted by Crippen LogP contribution is 2.26. The van der Waals surface area contributed by atoms with E-state index in [0.29, 0.717) is 11.5 Å². The molecule has 0 aliphatic carbocycles. The monoisotopic (exact) mass is 368 g/mol. The average molecular weight is 370 g/mol. The van der Waals surface area contributed by atoms with Crippen molar-refractivity contribution in [2.24, 2.45) is 0 Å². The fourth-order valence-corrected chi connectivity index (χ4v) is 3.28. The molecule has 88 valence electrons. The molecule has 1 unspecified atom stereocenters. The fraction of sp³-hybridized carbons (Fsp3) is 0.400. The second-order valence-electron chi connectivity index (χ2n) is 2.94. The van der Waals surface area contributed by atoms with Crippen LogP contribution in [0, 0.1) is 0 Å². The lowest BCUT2D eigenvalue weighted by atomic mass is 10.2. The molecule has 0 N–H and O–H groups in total. The molecule has 1 aromatic heterocycles. The molecule has 0 aliphatic rings. The number of carbonyl (C=O) groups is 2. The molecule has 3 nitrogen and oxygen atoms in total. The molecule has 0 saturated carbocycles. The van der Waals surface area contributed by atoms with E-state index in [9.17, 15) is 9.59 Å². The number of esters is 1. The Hall–Kier alpha value is -0.200. The summed E-state index contributed by atoms with van der Waals surface area (Å²) in [5, 5.41) is 1.82. The van der Waals surface area contributed by atoms with Gasteiger partial charge in [0.15, 0.2) is 5.78 Å². The summed E-state index contributed by atoms with van der Waals surface area (Å²) in [4.78, 5) is 23.2. The number of rotatable bonds is 5. The van der Waals surface area contributed by atoms with E-state index in [1.165, 1.54) is 11.3 Å². The van der Waals surface area contributed by atoms with Gasteiger partial charge in [0.2, 0.25) is 0 Å². The second-order valence-corrected chi connectivity index (χ2v) is 5.81. The number of hydrogen-bond donors (Lipinski definition) is 0. The Kier molecular flexibility index (Phi) is 5.64. The van der Waals surface area contributed by atoms with Crippen LogP contribution in [-0.2, 0) is 9.53 Å². The number of Topliss-reactive ketones (excluding diaryl/α,β-unsaturated/α-hetero) is 1. The first-order valence-corrected chi connectivity index (χ1v) is 7.22. The number of carbonyl (C=O) groups excluding carboxylic acids is 2. The van der Waals surface area contributed by atoms with Gasteiger partial charge in [-0.2, -0.15) is 0 Å². The van der Waals surface area contributed by atoms with Gasteiger partial charge in [-0.15, -0.1) is 11.3 Å². The van der Waals surface area contributed by atoms with Crippen LogP contribution in [0.15, 0.2) is 15.9 Å². The summed E-state index contributed by atoms with van der Waals surface area (Å²) in [6.07, 6.45) is 0.0526. The highest BCUT2D eigenvalue weighted by molar-refractivity contribution is 9.10. The molecular weight excluding hydrogens is 360 g/mol. The van der Waals surface area contributed by atoms with E-state index in [4.69, 9.17) is 4.74 Å². The third kappa shape index (κ3) is 3.68. The maximum atomic E-state index is 11.9. The van der Waals surface area contributed by atoms with Gasteiger partial charge >= 0.3 is 5.97 Å². The van der Waals surface area contributed by atoms with Crippen LogP contribution in [0.5, 0.6) is 0 Å². The lowest BCUT2D eigenvalue weighted by Crippen LogP contribution is -2.19. The molecule has 1 atom stereocenters. The largest absolute Gasteiger partial charge is 0.466 e. The minimum Gasteiger partial charge on any atom is -0.466 e. The third-order valence-electron chi connectivity index (χ3n) is 1.78. The quantitative estimate of drug-likeness (QED) is 0.453. The first-order chi connectivity index (χ1) is 7.56. The van der Waals surface area contributed by atoms with Crippen molar-refractivity contribution < 1.29 is 14.3 Å². The zero-order valence-electron chi connectivity index (χ0n) is 8.54. The smallest absolute Gasteiger partial charge is 0.307 e. The summed E-state index contributed by atoms with van der Waals surface area (Å²) in [6, 6.07) is 1.81. The molecule has 0 aromatic carbocycles. The number of ketones is 1. The zero-order valence-corrected chi connectivity index (χ0v) is 12.5. The Morgan fingerprint density at radius 3 is 2.75 bits per heavy atom. The van der Waals surface area contributed by atoms with Crippen molar-refractivity contribution in [3.8, 4) is 0 Å². The maximum Gasteiger partial charge on any atom is 0.307 e. The van der Waals surface area contributed by atoms with E-state index in [2.05, 4.69) is 31.9 Å². The van der Waals surface area contributed by atoms with E-state index in [-0.39, 0.29) is 18.2 Å². The molecule has 0 fully saturated rings. The van der Waals surface area contributed by atoms with Crippen molar-refractivity contribution in [3.63, 3.8) is 0 Å². The second kappa shape index (κ2) is 6.51. The average Bonchev–Trinajstić information content (AvgIpc) is 2.63. The van der Waals surface area contributed by atoms with Crippen molar-refractivity contribution in [1.82, 2.24) is 0 Å². The molecule has 1 aromatic rings. The van der Waals surface area contributed by atoms with E-state index < -0.39 is 4.83 Å².